The maximum absolute atomic E-state index is 7.00. The van der Waals surface area contributed by atoms with E-state index in [-0.39, 0.29) is 0 Å². The maximum atomic E-state index is 7.00. The van der Waals surface area contributed by atoms with Crippen LogP contribution in [0.2, 0.25) is 0 Å². The zero-order chi connectivity index (χ0) is 53.3. The number of aryl methyl sites for hydroxylation is 1. The van der Waals surface area contributed by atoms with Gasteiger partial charge < -0.3 is 0 Å². The molecule has 2 aliphatic rings. The number of nitrogens with zero attached hydrogens (tertiary/aromatic N) is 6. The molecule has 0 radical (unpaired) electrons. The Hall–Kier alpha value is -9.81. The van der Waals surface area contributed by atoms with Crippen molar-refractivity contribution in [3.05, 3.63) is 305 Å². The van der Waals surface area contributed by atoms with Crippen molar-refractivity contribution in [1.82, 2.24) is 24.1 Å². The van der Waals surface area contributed by atoms with E-state index in [1.165, 1.54) is 11.1 Å². The molecule has 80 heavy (non-hydrogen) atoms. The van der Waals surface area contributed by atoms with Crippen molar-refractivity contribution in [1.29, 1.82) is 0 Å². The number of aromatic nitrogens is 5. The van der Waals surface area contributed by atoms with Gasteiger partial charge in [0.05, 0.1) is 0 Å². The molecule has 0 N–H and O–H groups in total. The first-order valence-corrected chi connectivity index (χ1v) is 27.8. The number of benzene rings is 9. The summed E-state index contributed by atoms with van der Waals surface area (Å²) in [6, 6.07) is 88.7. The van der Waals surface area contributed by atoms with E-state index in [2.05, 4.69) is 259 Å². The Bertz CT molecular complexity index is 4510. The minimum Gasteiger partial charge on any atom is -0.0622 e. The Balaban J connectivity index is 0.871. The molecule has 1 spiro atoms. The third-order valence-electron chi connectivity index (χ3n) is 15.8. The number of hydrogen-bond donors (Lipinski definition) is 0. The molecule has 13 aromatic rings. The van der Waals surface area contributed by atoms with E-state index in [0.717, 1.165) is 116 Å². The molecule has 8 heteroatoms. The van der Waals surface area contributed by atoms with E-state index >= 15 is 0 Å². The predicted molar refractivity (Wildman–Crippen MR) is 315 cm³/mol. The second kappa shape index (κ2) is 19.3. The molecule has 0 atom stereocenters. The first kappa shape index (κ1) is 47.4. The van der Waals surface area contributed by atoms with Gasteiger partial charge in [0, 0.05) is 36.5 Å². The summed E-state index contributed by atoms with van der Waals surface area (Å²) in [7, 11) is 0. The minimum absolute atomic E-state index is 0.533. The van der Waals surface area contributed by atoms with Crippen LogP contribution in [-0.4, -0.2) is 24.1 Å². The van der Waals surface area contributed by atoms with Gasteiger partial charge in [-0.25, -0.2) is 0 Å². The number of rotatable bonds is 9. The molecule has 4 aromatic heterocycles. The number of hydrogen-bond acceptors (Lipinski definition) is 5. The van der Waals surface area contributed by atoms with Gasteiger partial charge in [-0.15, -0.1) is 0 Å². The van der Waals surface area contributed by atoms with Crippen LogP contribution in [0.4, 0.5) is 17.2 Å². The quantitative estimate of drug-likeness (QED) is 0.135. The Labute approximate surface area is 474 Å². The summed E-state index contributed by atoms with van der Waals surface area (Å²) in [5.74, 6) is 1.85. The molecule has 7 nitrogen and oxygen atoms in total. The van der Waals surface area contributed by atoms with Crippen molar-refractivity contribution in [2.75, 3.05) is 4.90 Å². The molecule has 0 saturated carbocycles. The van der Waals surface area contributed by atoms with E-state index in [9.17, 15) is 0 Å². The summed E-state index contributed by atoms with van der Waals surface area (Å²) in [5.41, 5.74) is 21.8. The number of para-hydroxylation sites is 4. The molecule has 382 valence electrons. The van der Waals surface area contributed by atoms with Crippen LogP contribution < -0.4 is 9.64 Å². The van der Waals surface area contributed by atoms with E-state index in [0.29, 0.717) is 11.5 Å². The number of ether oxygens (including phenoxy) is 1. The summed E-state index contributed by atoms with van der Waals surface area (Å²) >= 11 is 2.48. The van der Waals surface area contributed by atoms with Gasteiger partial charge >= 0.3 is 306 Å². The topological polar surface area (TPSA) is 61.0 Å². The van der Waals surface area contributed by atoms with Crippen molar-refractivity contribution in [2.45, 2.75) is 12.3 Å². The van der Waals surface area contributed by atoms with Crippen LogP contribution in [-0.2, 0) is 24.8 Å². The van der Waals surface area contributed by atoms with Crippen molar-refractivity contribution in [3.63, 3.8) is 0 Å². The van der Waals surface area contributed by atoms with E-state index in [4.69, 9.17) is 19.7 Å². The van der Waals surface area contributed by atoms with Gasteiger partial charge in [-0.2, -0.15) is 0 Å². The first-order chi connectivity index (χ1) is 39.5. The summed E-state index contributed by atoms with van der Waals surface area (Å²) < 4.78 is 12.6. The molecule has 5 heterocycles. The second-order valence-electron chi connectivity index (χ2n) is 20.2. The van der Waals surface area contributed by atoms with E-state index in [1.807, 2.05) is 55.2 Å². The Morgan fingerprint density at radius 1 is 0.438 bits per heavy atom. The van der Waals surface area contributed by atoms with Gasteiger partial charge in [-0.1, -0.05) is 72.8 Å². The fourth-order valence-corrected chi connectivity index (χ4v) is 13.4. The summed E-state index contributed by atoms with van der Waals surface area (Å²) in [5, 5.41) is 0. The fourth-order valence-electron chi connectivity index (χ4n) is 12.3. The van der Waals surface area contributed by atoms with Gasteiger partial charge in [0.2, 0.25) is 0 Å². The van der Waals surface area contributed by atoms with Crippen LogP contribution in [0.3, 0.4) is 0 Å². The zero-order valence-electron chi connectivity index (χ0n) is 43.2. The molecule has 0 bridgehead atoms. The van der Waals surface area contributed by atoms with Crippen molar-refractivity contribution >= 4 is 28.2 Å². The van der Waals surface area contributed by atoms with Gasteiger partial charge in [-0.3, -0.25) is 9.97 Å². The third-order valence-corrected chi connectivity index (χ3v) is 16.8. The molecule has 9 aromatic carbocycles. The van der Waals surface area contributed by atoms with Gasteiger partial charge in [0.15, 0.2) is 0 Å². The molecule has 1 aliphatic heterocycles. The van der Waals surface area contributed by atoms with E-state index in [1.54, 1.807) is 0 Å². The number of anilines is 3. The Morgan fingerprint density at radius 2 is 0.988 bits per heavy atom. The molecule has 0 fully saturated rings. The molecule has 0 unspecified atom stereocenters. The minimum atomic E-state index is -0.771. The van der Waals surface area contributed by atoms with Crippen LogP contribution in [0.15, 0.2) is 262 Å². The monoisotopic (exact) mass is 1210 g/mol. The van der Waals surface area contributed by atoms with Crippen LogP contribution in [0.1, 0.15) is 27.8 Å². The molecule has 1 aliphatic carbocycles. The van der Waals surface area contributed by atoms with Crippen LogP contribution >= 0.6 is 0 Å². The SMILES string of the molecule is Cc1cc(N2c3[c-]c(Oc4[c-]c(-n5[c](=[Pt])n(-c6c(-c7ccccc7)cccc6-c6ccccc6)c6ccccc65)ccc4)ccc3C3(c4cnccc4-c4ccncc43)c3ccccc32)ncc1-c1ccc(-c2ccccc2)cc1. The van der Waals surface area contributed by atoms with Crippen molar-refractivity contribution in [2.24, 2.45) is 0 Å². The average molecular weight is 1210 g/mol. The van der Waals surface area contributed by atoms with Gasteiger partial charge in [-0.05, 0) is 52.4 Å². The number of fused-ring (bicyclic) bond motifs is 10. The molecular formula is C72H46N6OPt-2. The number of imidazole rings is 1. The zero-order valence-corrected chi connectivity index (χ0v) is 45.5. The summed E-state index contributed by atoms with van der Waals surface area (Å²) in [6.07, 6.45) is 9.81. The summed E-state index contributed by atoms with van der Waals surface area (Å²) in [4.78, 5) is 17.1. The second-order valence-corrected chi connectivity index (χ2v) is 21.2. The average Bonchev–Trinajstić information content (AvgIpc) is 3.57. The molecular weight excluding hydrogens is 1160 g/mol. The molecule has 0 saturated heterocycles. The number of pyridine rings is 3. The first-order valence-electron chi connectivity index (χ1n) is 26.6. The van der Waals surface area contributed by atoms with Crippen molar-refractivity contribution < 1.29 is 24.1 Å². The smallest absolute Gasteiger partial charge is 0.0622 e. The van der Waals surface area contributed by atoms with Gasteiger partial charge in [0.25, 0.3) is 0 Å². The summed E-state index contributed by atoms with van der Waals surface area (Å²) in [6.45, 7) is 2.16. The standard InChI is InChI=1S/C72H46N6O.Pt/c1-48-41-70(75-44-61(48)53-33-31-50(32-34-53)49-17-5-2-6-18-49)78-66-28-12-11-27-62(66)72(64-45-73-39-37-59(64)60-38-40-74-46-65(60)72)63-36-35-56(43-69(63)78)79-55-24-15-23-54(42-55)76-47-77(68-30-14-13-29-67(68)76)71-57(51-19-7-3-8-20-51)25-16-26-58(71)52-21-9-4-10-22-52;/h2-41,44-46H,1H3;/q-2;. The molecule has 15 rings (SSSR count). The fraction of sp³-hybridized carbons (Fsp3) is 0.0278. The Morgan fingerprint density at radius 3 is 1.65 bits per heavy atom. The van der Waals surface area contributed by atoms with Crippen LogP contribution in [0.5, 0.6) is 11.5 Å². The van der Waals surface area contributed by atoms with E-state index < -0.39 is 5.41 Å². The predicted octanol–water partition coefficient (Wildman–Crippen LogP) is 17.2. The van der Waals surface area contributed by atoms with Crippen LogP contribution in [0.25, 0.3) is 78.0 Å². The third kappa shape index (κ3) is 7.53. The van der Waals surface area contributed by atoms with Crippen LogP contribution in [0, 0.1) is 22.9 Å². The Kier molecular flexibility index (Phi) is 11.4. The normalized spacial score (nSPS) is 12.7. The van der Waals surface area contributed by atoms with Crippen molar-refractivity contribution in [3.8, 4) is 78.5 Å². The molecule has 0 amide bonds. The van der Waals surface area contributed by atoms with Gasteiger partial charge in [0.1, 0.15) is 0 Å².